The van der Waals surface area contributed by atoms with Gasteiger partial charge in [0.05, 0.1) is 0 Å². The van der Waals surface area contributed by atoms with Crippen molar-refractivity contribution < 1.29 is 0 Å². The second-order valence-electron chi connectivity index (χ2n) is 3.27. The summed E-state index contributed by atoms with van der Waals surface area (Å²) in [5.41, 5.74) is 2.20. The summed E-state index contributed by atoms with van der Waals surface area (Å²) in [5.74, 6) is 0. The van der Waals surface area contributed by atoms with Gasteiger partial charge in [-0.25, -0.2) is 0 Å². The van der Waals surface area contributed by atoms with Crippen LogP contribution in [0, 0.1) is 0 Å². The lowest BCUT2D eigenvalue weighted by molar-refractivity contribution is 0.971. The first-order valence-corrected chi connectivity index (χ1v) is 4.96. The number of allylic oxidation sites excluding steroid dienone is 6. The van der Waals surface area contributed by atoms with Crippen LogP contribution in [0.3, 0.4) is 0 Å². The van der Waals surface area contributed by atoms with Gasteiger partial charge in [0.2, 0.25) is 0 Å². The summed E-state index contributed by atoms with van der Waals surface area (Å²) in [4.78, 5) is 0. The molecule has 0 aliphatic rings. The lowest BCUT2D eigenvalue weighted by Gasteiger charge is -1.95. The van der Waals surface area contributed by atoms with Gasteiger partial charge in [0.15, 0.2) is 0 Å². The Kier molecular flexibility index (Phi) is 7.53. The molecule has 0 aliphatic carbocycles. The van der Waals surface area contributed by atoms with Gasteiger partial charge < -0.3 is 0 Å². The molecule has 0 saturated carbocycles. The van der Waals surface area contributed by atoms with Gasteiger partial charge in [-0.05, 0) is 25.7 Å². The van der Waals surface area contributed by atoms with Crippen LogP contribution >= 0.6 is 0 Å². The summed E-state index contributed by atoms with van der Waals surface area (Å²) >= 11 is 0. The molecule has 0 atom stereocenters. The van der Waals surface area contributed by atoms with Gasteiger partial charge in [-0.2, -0.15) is 0 Å². The van der Waals surface area contributed by atoms with E-state index in [4.69, 9.17) is 0 Å². The van der Waals surface area contributed by atoms with Crippen LogP contribution in [0.15, 0.2) is 61.8 Å². The topological polar surface area (TPSA) is 0 Å². The molecule has 0 aromatic carbocycles. The third-order valence-electron chi connectivity index (χ3n) is 2.01. The highest BCUT2D eigenvalue weighted by molar-refractivity contribution is 5.12. The Bertz CT molecular complexity index is 215. The van der Waals surface area contributed by atoms with Crippen LogP contribution in [0.4, 0.5) is 0 Å². The second kappa shape index (κ2) is 8.31. The van der Waals surface area contributed by atoms with E-state index in [-0.39, 0.29) is 0 Å². The van der Waals surface area contributed by atoms with Gasteiger partial charge in [0.1, 0.15) is 0 Å². The minimum Gasteiger partial charge on any atom is -0.0988 e. The third-order valence-corrected chi connectivity index (χ3v) is 2.01. The average Bonchev–Trinajstić information content (AvgIpc) is 2.22. The largest absolute Gasteiger partial charge is 0.0988 e. The predicted octanol–water partition coefficient (Wildman–Crippen LogP) is 4.59. The van der Waals surface area contributed by atoms with Crippen molar-refractivity contribution in [2.75, 3.05) is 0 Å². The van der Waals surface area contributed by atoms with Crippen LogP contribution in [0.25, 0.3) is 0 Å². The van der Waals surface area contributed by atoms with Crippen molar-refractivity contribution in [1.29, 1.82) is 0 Å². The van der Waals surface area contributed by atoms with E-state index in [1.807, 2.05) is 12.2 Å². The maximum Gasteiger partial charge on any atom is -0.0250 e. The van der Waals surface area contributed by atoms with Crippen molar-refractivity contribution in [1.82, 2.24) is 0 Å². The van der Waals surface area contributed by atoms with Crippen LogP contribution < -0.4 is 0 Å². The van der Waals surface area contributed by atoms with Crippen molar-refractivity contribution in [3.63, 3.8) is 0 Å². The fraction of sp³-hybridized carbons (Fsp3) is 0.286. The zero-order valence-corrected chi connectivity index (χ0v) is 8.97. The van der Waals surface area contributed by atoms with Crippen LogP contribution in [0.2, 0.25) is 0 Å². The van der Waals surface area contributed by atoms with E-state index in [1.165, 1.54) is 0 Å². The van der Waals surface area contributed by atoms with Gasteiger partial charge in [-0.3, -0.25) is 0 Å². The summed E-state index contributed by atoms with van der Waals surface area (Å²) < 4.78 is 0. The molecule has 0 aromatic rings. The molecule has 76 valence electrons. The third kappa shape index (κ3) is 7.35. The molecule has 0 nitrogen and oxygen atoms in total. The van der Waals surface area contributed by atoms with Crippen molar-refractivity contribution in [3.05, 3.63) is 61.8 Å². The zero-order valence-electron chi connectivity index (χ0n) is 8.97. The van der Waals surface area contributed by atoms with Gasteiger partial charge in [-0.1, -0.05) is 61.8 Å². The Morgan fingerprint density at radius 2 is 1.14 bits per heavy atom. The quantitative estimate of drug-likeness (QED) is 0.386. The summed E-state index contributed by atoms with van der Waals surface area (Å²) in [6, 6.07) is 0. The Morgan fingerprint density at radius 1 is 0.786 bits per heavy atom. The Labute approximate surface area is 88.0 Å². The maximum atomic E-state index is 3.85. The Balaban J connectivity index is 3.45. The first-order valence-electron chi connectivity index (χ1n) is 4.96. The van der Waals surface area contributed by atoms with Gasteiger partial charge in [0, 0.05) is 0 Å². The van der Waals surface area contributed by atoms with E-state index in [1.54, 1.807) is 0 Å². The normalized spacial score (nSPS) is 10.0. The molecule has 0 heterocycles. The lowest BCUT2D eigenvalue weighted by atomic mass is 10.1. The van der Waals surface area contributed by atoms with E-state index < -0.39 is 0 Å². The van der Waals surface area contributed by atoms with Crippen LogP contribution in [-0.2, 0) is 0 Å². The monoisotopic (exact) mass is 188 g/mol. The zero-order chi connectivity index (χ0) is 10.8. The SMILES string of the molecule is C=CC(=C)CC/C=C\CCC(=C)C=C. The molecule has 0 fully saturated rings. The van der Waals surface area contributed by atoms with Crippen molar-refractivity contribution in [2.45, 2.75) is 25.7 Å². The van der Waals surface area contributed by atoms with E-state index in [2.05, 4.69) is 38.5 Å². The van der Waals surface area contributed by atoms with Crippen molar-refractivity contribution in [2.24, 2.45) is 0 Å². The maximum absolute atomic E-state index is 3.85. The average molecular weight is 188 g/mol. The summed E-state index contributed by atoms with van der Waals surface area (Å²) in [6.45, 7) is 15.0. The summed E-state index contributed by atoms with van der Waals surface area (Å²) in [5, 5.41) is 0. The smallest absolute Gasteiger partial charge is 0.0250 e. The Hall–Kier alpha value is -1.30. The number of hydrogen-bond donors (Lipinski definition) is 0. The molecule has 0 N–H and O–H groups in total. The van der Waals surface area contributed by atoms with E-state index in [9.17, 15) is 0 Å². The molecule has 0 unspecified atom stereocenters. The molecule has 0 bridgehead atoms. The van der Waals surface area contributed by atoms with Gasteiger partial charge in [0.25, 0.3) is 0 Å². The Morgan fingerprint density at radius 3 is 1.43 bits per heavy atom. The van der Waals surface area contributed by atoms with E-state index in [0.717, 1.165) is 36.8 Å². The highest BCUT2D eigenvalue weighted by Crippen LogP contribution is 2.06. The van der Waals surface area contributed by atoms with Crippen LogP contribution in [-0.4, -0.2) is 0 Å². The first-order chi connectivity index (χ1) is 6.70. The highest BCUT2D eigenvalue weighted by atomic mass is 13.9. The number of rotatable bonds is 8. The molecule has 0 radical (unpaired) electrons. The van der Waals surface area contributed by atoms with Gasteiger partial charge in [-0.15, -0.1) is 0 Å². The molecular formula is C14H20. The molecule has 14 heavy (non-hydrogen) atoms. The molecule has 0 rings (SSSR count). The molecule has 0 heteroatoms. The molecular weight excluding hydrogens is 168 g/mol. The lowest BCUT2D eigenvalue weighted by Crippen LogP contribution is -1.75. The standard InChI is InChI=1S/C14H20/c1-5-13(3)11-9-7-8-10-12-14(4)6-2/h5-8H,1-4,9-12H2/b8-7-. The van der Waals surface area contributed by atoms with Crippen LogP contribution in [0.5, 0.6) is 0 Å². The molecule has 0 spiro atoms. The molecule has 0 aliphatic heterocycles. The van der Waals surface area contributed by atoms with E-state index >= 15 is 0 Å². The second-order valence-corrected chi connectivity index (χ2v) is 3.27. The fourth-order valence-electron chi connectivity index (χ4n) is 0.977. The minimum atomic E-state index is 1.00. The molecule has 0 amide bonds. The number of hydrogen-bond acceptors (Lipinski definition) is 0. The van der Waals surface area contributed by atoms with Crippen LogP contribution in [0.1, 0.15) is 25.7 Å². The molecule has 0 saturated heterocycles. The van der Waals surface area contributed by atoms with Crippen molar-refractivity contribution >= 4 is 0 Å². The first kappa shape index (κ1) is 12.7. The fourth-order valence-corrected chi connectivity index (χ4v) is 0.977. The van der Waals surface area contributed by atoms with Gasteiger partial charge >= 0.3 is 0 Å². The summed E-state index contributed by atoms with van der Waals surface area (Å²) in [6.07, 6.45) is 12.1. The van der Waals surface area contributed by atoms with Crippen molar-refractivity contribution in [3.8, 4) is 0 Å². The molecule has 0 aromatic heterocycles. The van der Waals surface area contributed by atoms with E-state index in [0.29, 0.717) is 0 Å². The summed E-state index contributed by atoms with van der Waals surface area (Å²) in [7, 11) is 0. The minimum absolute atomic E-state index is 1.00. The predicted molar refractivity (Wildman–Crippen MR) is 66.3 cm³/mol. The highest BCUT2D eigenvalue weighted by Gasteiger charge is 1.86.